The molecule has 0 radical (unpaired) electrons. The summed E-state index contributed by atoms with van der Waals surface area (Å²) < 4.78 is 35.5. The van der Waals surface area contributed by atoms with Crippen molar-refractivity contribution in [2.24, 2.45) is 0 Å². The number of nitrogens with zero attached hydrogens (tertiary/aromatic N) is 3. The van der Waals surface area contributed by atoms with Gasteiger partial charge in [-0.15, -0.1) is 0 Å². The largest absolute Gasteiger partial charge is 0.437 e. The van der Waals surface area contributed by atoms with Crippen LogP contribution in [0.1, 0.15) is 44.1 Å². The number of aromatic nitrogens is 3. The van der Waals surface area contributed by atoms with Gasteiger partial charge in [0.1, 0.15) is 5.75 Å². The summed E-state index contributed by atoms with van der Waals surface area (Å²) in [5, 5.41) is 8.07. The molecular weight excluding hydrogens is 524 g/mol. The second-order valence-corrected chi connectivity index (χ2v) is 12.5. The number of ether oxygens (including phenoxy) is 1. The van der Waals surface area contributed by atoms with E-state index in [4.69, 9.17) is 9.72 Å². The van der Waals surface area contributed by atoms with Crippen LogP contribution in [-0.4, -0.2) is 47.8 Å². The van der Waals surface area contributed by atoms with Crippen LogP contribution in [0.2, 0.25) is 0 Å². The zero-order valence-corrected chi connectivity index (χ0v) is 23.4. The molecule has 0 bridgehead atoms. The molecule has 10 heteroatoms. The summed E-state index contributed by atoms with van der Waals surface area (Å²) >= 11 is 0. The maximum atomic E-state index is 13.1. The minimum Gasteiger partial charge on any atom is -0.437 e. The SMILES string of the molecule is Cc1ccc2c(NS(=O)(=O)C3CCCC3)cccc2c1Oc1ncccc1-c1ccnc(N[C@H]2CCCNC2)n1. The fourth-order valence-corrected chi connectivity index (χ4v) is 7.20. The van der Waals surface area contributed by atoms with Crippen molar-refractivity contribution < 1.29 is 13.2 Å². The van der Waals surface area contributed by atoms with Crippen molar-refractivity contribution in [3.63, 3.8) is 0 Å². The molecule has 2 aromatic heterocycles. The van der Waals surface area contributed by atoms with Crippen molar-refractivity contribution in [3.8, 4) is 22.9 Å². The summed E-state index contributed by atoms with van der Waals surface area (Å²) in [5.74, 6) is 1.61. The molecule has 0 unspecified atom stereocenters. The molecule has 1 aliphatic carbocycles. The Hall–Kier alpha value is -3.76. The monoisotopic (exact) mass is 558 g/mol. The number of hydrogen-bond acceptors (Lipinski definition) is 8. The third kappa shape index (κ3) is 5.59. The fraction of sp³-hybridized carbons (Fsp3) is 0.367. The molecule has 9 nitrogen and oxygen atoms in total. The molecule has 40 heavy (non-hydrogen) atoms. The number of fused-ring (bicyclic) bond motifs is 1. The highest BCUT2D eigenvalue weighted by molar-refractivity contribution is 7.93. The van der Waals surface area contributed by atoms with Crippen molar-refractivity contribution in [3.05, 3.63) is 66.5 Å². The summed E-state index contributed by atoms with van der Waals surface area (Å²) in [6.45, 7) is 3.89. The van der Waals surface area contributed by atoms with Gasteiger partial charge in [-0.05, 0) is 69.0 Å². The van der Waals surface area contributed by atoms with Crippen molar-refractivity contribution >= 4 is 32.4 Å². The van der Waals surface area contributed by atoms with Crippen LogP contribution < -0.4 is 20.1 Å². The van der Waals surface area contributed by atoms with Crippen molar-refractivity contribution in [1.29, 1.82) is 0 Å². The second kappa shape index (κ2) is 11.4. The van der Waals surface area contributed by atoms with Gasteiger partial charge < -0.3 is 15.4 Å². The van der Waals surface area contributed by atoms with Crippen LogP contribution in [0.5, 0.6) is 11.6 Å². The highest BCUT2D eigenvalue weighted by Crippen LogP contribution is 2.39. The zero-order valence-electron chi connectivity index (χ0n) is 22.6. The number of rotatable bonds is 8. The first-order chi connectivity index (χ1) is 19.5. The molecule has 2 aliphatic rings. The molecule has 3 N–H and O–H groups in total. The lowest BCUT2D eigenvalue weighted by molar-refractivity contribution is 0.466. The first kappa shape index (κ1) is 26.5. The summed E-state index contributed by atoms with van der Waals surface area (Å²) in [4.78, 5) is 13.8. The second-order valence-electron chi connectivity index (χ2n) is 10.6. The molecule has 0 spiro atoms. The van der Waals surface area contributed by atoms with Crippen LogP contribution in [0.25, 0.3) is 22.0 Å². The van der Waals surface area contributed by atoms with Gasteiger partial charge in [-0.1, -0.05) is 37.1 Å². The lowest BCUT2D eigenvalue weighted by Gasteiger charge is -2.23. The Morgan fingerprint density at radius 3 is 2.62 bits per heavy atom. The Kier molecular flexibility index (Phi) is 7.53. The summed E-state index contributed by atoms with van der Waals surface area (Å²) in [5.41, 5.74) is 2.91. The molecule has 1 aliphatic heterocycles. The van der Waals surface area contributed by atoms with Crippen molar-refractivity contribution in [1.82, 2.24) is 20.3 Å². The van der Waals surface area contributed by atoms with Crippen LogP contribution >= 0.6 is 0 Å². The predicted octanol–water partition coefficient (Wildman–Crippen LogP) is 5.64. The summed E-state index contributed by atoms with van der Waals surface area (Å²) in [6.07, 6.45) is 8.92. The van der Waals surface area contributed by atoms with Gasteiger partial charge in [0.2, 0.25) is 21.9 Å². The van der Waals surface area contributed by atoms with Gasteiger partial charge in [0.05, 0.1) is 22.2 Å². The van der Waals surface area contributed by atoms with Gasteiger partial charge in [0.15, 0.2) is 0 Å². The number of hydrogen-bond donors (Lipinski definition) is 3. The lowest BCUT2D eigenvalue weighted by atomic mass is 10.0. The van der Waals surface area contributed by atoms with Crippen molar-refractivity contribution in [2.75, 3.05) is 23.1 Å². The number of nitrogens with one attached hydrogen (secondary N) is 3. The molecule has 4 aromatic rings. The summed E-state index contributed by atoms with van der Waals surface area (Å²) in [7, 11) is -3.47. The number of anilines is 2. The molecule has 6 rings (SSSR count). The quantitative estimate of drug-likeness (QED) is 0.254. The third-order valence-electron chi connectivity index (χ3n) is 7.73. The minimum absolute atomic E-state index is 0.284. The van der Waals surface area contributed by atoms with E-state index in [0.29, 0.717) is 41.8 Å². The average molecular weight is 559 g/mol. The number of pyridine rings is 1. The molecule has 208 valence electrons. The van der Waals surface area contributed by atoms with E-state index in [1.807, 2.05) is 49.4 Å². The highest BCUT2D eigenvalue weighted by atomic mass is 32.2. The van der Waals surface area contributed by atoms with E-state index in [0.717, 1.165) is 60.7 Å². The van der Waals surface area contributed by atoms with Crippen LogP contribution in [0.4, 0.5) is 11.6 Å². The molecular formula is C30H34N6O3S. The van der Waals surface area contributed by atoms with E-state index >= 15 is 0 Å². The number of piperidine rings is 1. The van der Waals surface area contributed by atoms with E-state index in [9.17, 15) is 8.42 Å². The average Bonchev–Trinajstić information content (AvgIpc) is 3.52. The van der Waals surface area contributed by atoms with Crippen LogP contribution in [-0.2, 0) is 10.0 Å². The lowest BCUT2D eigenvalue weighted by Crippen LogP contribution is -2.38. The molecule has 2 aromatic carbocycles. The Labute approximate surface area is 234 Å². The van der Waals surface area contributed by atoms with Gasteiger partial charge in [-0.3, -0.25) is 4.72 Å². The smallest absolute Gasteiger partial charge is 0.235 e. The van der Waals surface area contributed by atoms with E-state index in [-0.39, 0.29) is 11.3 Å². The van der Waals surface area contributed by atoms with Crippen LogP contribution in [0.3, 0.4) is 0 Å². The zero-order chi connectivity index (χ0) is 27.5. The predicted molar refractivity (Wildman–Crippen MR) is 158 cm³/mol. The minimum atomic E-state index is -3.47. The van der Waals surface area contributed by atoms with E-state index in [1.165, 1.54) is 0 Å². The van der Waals surface area contributed by atoms with Crippen LogP contribution in [0, 0.1) is 6.92 Å². The van der Waals surface area contributed by atoms with Crippen LogP contribution in [0.15, 0.2) is 60.9 Å². The molecule has 1 atom stereocenters. The van der Waals surface area contributed by atoms with Gasteiger partial charge in [-0.2, -0.15) is 0 Å². The van der Waals surface area contributed by atoms with Gasteiger partial charge >= 0.3 is 0 Å². The standard InChI is InChI=1S/C30H34N6O3S/c1-20-13-14-23-24(10-4-12-27(23)36-40(37,38)22-8-2-3-9-22)28(20)39-29-25(11-6-17-32-29)26-15-18-33-30(35-26)34-21-7-5-16-31-19-21/h4,6,10-15,17-18,21-22,31,36H,2-3,5,7-9,16,19H2,1H3,(H,33,34,35)/t21-/m0/s1. The number of sulfonamides is 1. The fourth-order valence-electron chi connectivity index (χ4n) is 5.60. The Morgan fingerprint density at radius 2 is 1.80 bits per heavy atom. The summed E-state index contributed by atoms with van der Waals surface area (Å²) in [6, 6.07) is 15.4. The Bertz CT molecular complexity index is 1620. The van der Waals surface area contributed by atoms with E-state index in [1.54, 1.807) is 18.5 Å². The third-order valence-corrected chi connectivity index (χ3v) is 9.59. The molecule has 0 amide bonds. The molecule has 3 heterocycles. The maximum absolute atomic E-state index is 13.1. The van der Waals surface area contributed by atoms with Crippen molar-refractivity contribution in [2.45, 2.75) is 56.7 Å². The molecule has 1 saturated heterocycles. The molecule has 2 fully saturated rings. The first-order valence-corrected chi connectivity index (χ1v) is 15.5. The topological polar surface area (TPSA) is 118 Å². The molecule has 1 saturated carbocycles. The normalized spacial score (nSPS) is 18.1. The number of benzene rings is 2. The van der Waals surface area contributed by atoms with Gasteiger partial charge in [-0.25, -0.2) is 23.4 Å². The van der Waals surface area contributed by atoms with E-state index in [2.05, 4.69) is 25.3 Å². The maximum Gasteiger partial charge on any atom is 0.235 e. The Balaban J connectivity index is 1.32. The van der Waals surface area contributed by atoms with Gasteiger partial charge in [0, 0.05) is 35.8 Å². The van der Waals surface area contributed by atoms with E-state index < -0.39 is 10.0 Å². The number of aryl methyl sites for hydroxylation is 1. The van der Waals surface area contributed by atoms with Gasteiger partial charge in [0.25, 0.3) is 0 Å². The Morgan fingerprint density at radius 1 is 0.925 bits per heavy atom. The first-order valence-electron chi connectivity index (χ1n) is 14.0. The highest BCUT2D eigenvalue weighted by Gasteiger charge is 2.29.